The lowest BCUT2D eigenvalue weighted by Crippen LogP contribution is -2.11. The Hall–Kier alpha value is -1.36. The van der Waals surface area contributed by atoms with Gasteiger partial charge >= 0.3 is 0 Å². The summed E-state index contributed by atoms with van der Waals surface area (Å²) in [7, 11) is 0. The van der Waals surface area contributed by atoms with E-state index < -0.39 is 0 Å². The zero-order valence-electron chi connectivity index (χ0n) is 10.7. The second-order valence-corrected chi connectivity index (χ2v) is 4.64. The molecule has 0 atom stereocenters. The molecule has 0 fully saturated rings. The summed E-state index contributed by atoms with van der Waals surface area (Å²) in [5.74, 6) is 0. The van der Waals surface area contributed by atoms with Crippen LogP contribution in [0.15, 0.2) is 30.5 Å². The number of pyridine rings is 1. The van der Waals surface area contributed by atoms with Crippen molar-refractivity contribution in [3.05, 3.63) is 35.5 Å². The number of aromatic nitrogens is 1. The quantitative estimate of drug-likeness (QED) is 0.765. The SMILES string of the molecule is NCCOCCCNc1ccnc2cc(Cl)ccc12. The molecule has 0 aliphatic heterocycles. The Kier molecular flexibility index (Phi) is 5.39. The maximum absolute atomic E-state index is 5.96. The number of ether oxygens (including phenoxy) is 1. The second kappa shape index (κ2) is 7.28. The van der Waals surface area contributed by atoms with Crippen molar-refractivity contribution in [2.45, 2.75) is 6.42 Å². The Morgan fingerprint density at radius 3 is 3.00 bits per heavy atom. The van der Waals surface area contributed by atoms with E-state index in [-0.39, 0.29) is 0 Å². The van der Waals surface area contributed by atoms with E-state index in [1.807, 2.05) is 24.3 Å². The van der Waals surface area contributed by atoms with Crippen molar-refractivity contribution in [2.24, 2.45) is 5.73 Å². The van der Waals surface area contributed by atoms with Crippen LogP contribution >= 0.6 is 11.6 Å². The van der Waals surface area contributed by atoms with Gasteiger partial charge in [-0.15, -0.1) is 0 Å². The number of fused-ring (bicyclic) bond motifs is 1. The van der Waals surface area contributed by atoms with Crippen molar-refractivity contribution < 1.29 is 4.74 Å². The first kappa shape index (κ1) is 14.1. The van der Waals surface area contributed by atoms with Crippen LogP contribution in [-0.2, 0) is 4.74 Å². The van der Waals surface area contributed by atoms with E-state index in [4.69, 9.17) is 22.1 Å². The number of hydrogen-bond acceptors (Lipinski definition) is 4. The van der Waals surface area contributed by atoms with Crippen LogP contribution in [0.4, 0.5) is 5.69 Å². The smallest absolute Gasteiger partial charge is 0.0737 e. The van der Waals surface area contributed by atoms with Gasteiger partial charge in [-0.25, -0.2) is 0 Å². The minimum atomic E-state index is 0.573. The first-order valence-electron chi connectivity index (χ1n) is 6.37. The van der Waals surface area contributed by atoms with Crippen LogP contribution in [0.5, 0.6) is 0 Å². The number of nitrogens with two attached hydrogens (primary N) is 1. The molecule has 1 aromatic heterocycles. The van der Waals surface area contributed by atoms with E-state index in [9.17, 15) is 0 Å². The maximum atomic E-state index is 5.96. The van der Waals surface area contributed by atoms with Crippen LogP contribution in [0.2, 0.25) is 5.02 Å². The standard InChI is InChI=1S/C14H18ClN3O/c15-11-2-3-12-13(4-7-18-14(12)10-11)17-6-1-8-19-9-5-16/h2-4,7,10H,1,5-6,8-9,16H2,(H,17,18). The van der Waals surface area contributed by atoms with Crippen molar-refractivity contribution >= 4 is 28.2 Å². The van der Waals surface area contributed by atoms with Crippen LogP contribution in [0.1, 0.15) is 6.42 Å². The largest absolute Gasteiger partial charge is 0.384 e. The van der Waals surface area contributed by atoms with Crippen LogP contribution in [0, 0.1) is 0 Å². The number of nitrogens with one attached hydrogen (secondary N) is 1. The van der Waals surface area contributed by atoms with E-state index in [2.05, 4.69) is 10.3 Å². The lowest BCUT2D eigenvalue weighted by Gasteiger charge is -2.09. The summed E-state index contributed by atoms with van der Waals surface area (Å²) in [5, 5.41) is 5.17. The molecule has 0 saturated heterocycles. The molecular weight excluding hydrogens is 262 g/mol. The van der Waals surface area contributed by atoms with Gasteiger partial charge in [-0.3, -0.25) is 4.98 Å². The fourth-order valence-corrected chi connectivity index (χ4v) is 2.02. The molecule has 0 aliphatic carbocycles. The molecule has 0 amide bonds. The minimum Gasteiger partial charge on any atom is -0.384 e. The molecule has 2 aromatic rings. The van der Waals surface area contributed by atoms with Crippen molar-refractivity contribution in [3.63, 3.8) is 0 Å². The van der Waals surface area contributed by atoms with Gasteiger partial charge in [0.1, 0.15) is 0 Å². The molecular formula is C14H18ClN3O. The highest BCUT2D eigenvalue weighted by Gasteiger charge is 2.01. The molecule has 0 bridgehead atoms. The number of halogens is 1. The third-order valence-corrected chi connectivity index (χ3v) is 2.98. The van der Waals surface area contributed by atoms with Crippen LogP contribution < -0.4 is 11.1 Å². The van der Waals surface area contributed by atoms with Gasteiger partial charge in [0.25, 0.3) is 0 Å². The van der Waals surface area contributed by atoms with E-state index in [1.54, 1.807) is 6.20 Å². The zero-order valence-corrected chi connectivity index (χ0v) is 11.5. The summed E-state index contributed by atoms with van der Waals surface area (Å²) >= 11 is 5.96. The molecule has 0 unspecified atom stereocenters. The van der Waals surface area contributed by atoms with Gasteiger partial charge in [-0.1, -0.05) is 11.6 Å². The van der Waals surface area contributed by atoms with Gasteiger partial charge in [0, 0.05) is 42.0 Å². The predicted molar refractivity (Wildman–Crippen MR) is 79.7 cm³/mol. The van der Waals surface area contributed by atoms with Gasteiger partial charge in [-0.05, 0) is 30.7 Å². The summed E-state index contributed by atoms with van der Waals surface area (Å²) in [5.41, 5.74) is 7.32. The summed E-state index contributed by atoms with van der Waals surface area (Å²) in [6, 6.07) is 7.70. The van der Waals surface area contributed by atoms with Crippen molar-refractivity contribution in [1.29, 1.82) is 0 Å². The highest BCUT2D eigenvalue weighted by atomic mass is 35.5. The van der Waals surface area contributed by atoms with Gasteiger partial charge in [0.2, 0.25) is 0 Å². The zero-order chi connectivity index (χ0) is 13.5. The van der Waals surface area contributed by atoms with Crippen LogP contribution in [0.25, 0.3) is 10.9 Å². The third-order valence-electron chi connectivity index (χ3n) is 2.75. The maximum Gasteiger partial charge on any atom is 0.0737 e. The van der Waals surface area contributed by atoms with Gasteiger partial charge < -0.3 is 15.8 Å². The molecule has 0 spiro atoms. The molecule has 5 heteroatoms. The molecule has 4 nitrogen and oxygen atoms in total. The molecule has 0 radical (unpaired) electrons. The Morgan fingerprint density at radius 2 is 2.16 bits per heavy atom. The summed E-state index contributed by atoms with van der Waals surface area (Å²) in [6.07, 6.45) is 2.73. The fraction of sp³-hybridized carbons (Fsp3) is 0.357. The fourth-order valence-electron chi connectivity index (χ4n) is 1.86. The topological polar surface area (TPSA) is 60.2 Å². The van der Waals surface area contributed by atoms with Crippen LogP contribution in [0.3, 0.4) is 0 Å². The first-order chi connectivity index (χ1) is 9.31. The van der Waals surface area contributed by atoms with Crippen LogP contribution in [-0.4, -0.2) is 31.3 Å². The molecule has 19 heavy (non-hydrogen) atoms. The molecule has 1 aromatic carbocycles. The molecule has 3 N–H and O–H groups in total. The third kappa shape index (κ3) is 4.06. The number of anilines is 1. The molecule has 0 aliphatic rings. The molecule has 102 valence electrons. The van der Waals surface area contributed by atoms with Crippen molar-refractivity contribution in [3.8, 4) is 0 Å². The Balaban J connectivity index is 1.93. The number of nitrogens with zero attached hydrogens (tertiary/aromatic N) is 1. The molecule has 2 rings (SSSR count). The summed E-state index contributed by atoms with van der Waals surface area (Å²) < 4.78 is 5.33. The number of rotatable bonds is 7. The number of hydrogen-bond donors (Lipinski definition) is 2. The van der Waals surface area contributed by atoms with Crippen molar-refractivity contribution in [2.75, 3.05) is 31.6 Å². The number of benzene rings is 1. The first-order valence-corrected chi connectivity index (χ1v) is 6.75. The summed E-state index contributed by atoms with van der Waals surface area (Å²) in [4.78, 5) is 4.31. The lowest BCUT2D eigenvalue weighted by atomic mass is 10.2. The highest BCUT2D eigenvalue weighted by molar-refractivity contribution is 6.31. The average molecular weight is 280 g/mol. The Labute approximate surface area is 117 Å². The van der Waals surface area contributed by atoms with Gasteiger partial charge in [-0.2, -0.15) is 0 Å². The van der Waals surface area contributed by atoms with Crippen molar-refractivity contribution in [1.82, 2.24) is 4.98 Å². The van der Waals surface area contributed by atoms with E-state index >= 15 is 0 Å². The molecule has 0 saturated carbocycles. The minimum absolute atomic E-state index is 0.573. The normalized spacial score (nSPS) is 10.8. The molecule has 1 heterocycles. The Bertz CT molecular complexity index is 533. The second-order valence-electron chi connectivity index (χ2n) is 4.20. The average Bonchev–Trinajstić information content (AvgIpc) is 2.42. The van der Waals surface area contributed by atoms with Gasteiger partial charge in [0.05, 0.1) is 12.1 Å². The Morgan fingerprint density at radius 1 is 1.26 bits per heavy atom. The lowest BCUT2D eigenvalue weighted by molar-refractivity contribution is 0.141. The highest BCUT2D eigenvalue weighted by Crippen LogP contribution is 2.24. The summed E-state index contributed by atoms with van der Waals surface area (Å²) in [6.45, 7) is 2.77. The van der Waals surface area contributed by atoms with E-state index in [0.29, 0.717) is 18.2 Å². The monoisotopic (exact) mass is 279 g/mol. The van der Waals surface area contributed by atoms with E-state index in [1.165, 1.54) is 0 Å². The van der Waals surface area contributed by atoms with Gasteiger partial charge in [0.15, 0.2) is 0 Å². The van der Waals surface area contributed by atoms with E-state index in [0.717, 1.165) is 36.2 Å². The predicted octanol–water partition coefficient (Wildman–Crippen LogP) is 2.67.